The van der Waals surface area contributed by atoms with Crippen molar-refractivity contribution in [1.82, 2.24) is 9.62 Å². The van der Waals surface area contributed by atoms with Gasteiger partial charge in [0, 0.05) is 18.8 Å². The molecule has 0 saturated carbocycles. The normalized spacial score (nSPS) is 20.3. The zero-order valence-corrected chi connectivity index (χ0v) is 18.5. The summed E-state index contributed by atoms with van der Waals surface area (Å²) in [5, 5.41) is 2.87. The van der Waals surface area contributed by atoms with Crippen molar-refractivity contribution in [2.24, 2.45) is 0 Å². The molecule has 2 amide bonds. The van der Waals surface area contributed by atoms with E-state index in [-0.39, 0.29) is 19.6 Å². The molecule has 0 bridgehead atoms. The van der Waals surface area contributed by atoms with E-state index in [0.29, 0.717) is 5.69 Å². The van der Waals surface area contributed by atoms with E-state index in [2.05, 4.69) is 5.32 Å². The Morgan fingerprint density at radius 1 is 1.10 bits per heavy atom. The Balaban J connectivity index is 1.98. The number of nitrogens with one attached hydrogen (secondary N) is 1. The van der Waals surface area contributed by atoms with Gasteiger partial charge < -0.3 is 5.32 Å². The van der Waals surface area contributed by atoms with Gasteiger partial charge in [0.25, 0.3) is 0 Å². The maximum absolute atomic E-state index is 13.3. The second-order valence-corrected chi connectivity index (χ2v) is 9.95. The van der Waals surface area contributed by atoms with Gasteiger partial charge in [-0.3, -0.25) is 14.5 Å². The molecule has 1 saturated heterocycles. The number of carbonyl (C=O) groups is 2. The van der Waals surface area contributed by atoms with Gasteiger partial charge in [-0.1, -0.05) is 36.4 Å². The van der Waals surface area contributed by atoms with Crippen LogP contribution in [0.2, 0.25) is 0 Å². The van der Waals surface area contributed by atoms with Crippen LogP contribution in [0.3, 0.4) is 0 Å². The van der Waals surface area contributed by atoms with Crippen LogP contribution in [0.5, 0.6) is 0 Å². The molecule has 1 aliphatic rings. The van der Waals surface area contributed by atoms with Gasteiger partial charge in [-0.25, -0.2) is 8.42 Å². The smallest absolute Gasteiger partial charge is 0.247 e. The minimum atomic E-state index is -3.65. The molecule has 7 nitrogen and oxygen atoms in total. The van der Waals surface area contributed by atoms with Gasteiger partial charge in [-0.15, -0.1) is 0 Å². The first-order chi connectivity index (χ1) is 14.0. The zero-order valence-electron chi connectivity index (χ0n) is 17.7. The van der Waals surface area contributed by atoms with Crippen LogP contribution in [0.4, 0.5) is 5.69 Å². The number of aryl methyl sites for hydroxylation is 2. The minimum Gasteiger partial charge on any atom is -0.350 e. The SMILES string of the molecule is Cc1ccc(N2C(=O)CN(S(C)(=O)=O)C[C@@]2(C)C(=O)NCc2ccccc2)cc1C. The highest BCUT2D eigenvalue weighted by Crippen LogP contribution is 2.31. The van der Waals surface area contributed by atoms with E-state index >= 15 is 0 Å². The van der Waals surface area contributed by atoms with Gasteiger partial charge in [0.15, 0.2) is 0 Å². The lowest BCUT2D eigenvalue weighted by Gasteiger charge is -2.46. The Hall–Kier alpha value is -2.71. The lowest BCUT2D eigenvalue weighted by atomic mass is 9.93. The van der Waals surface area contributed by atoms with Crippen LogP contribution in [0, 0.1) is 13.8 Å². The highest BCUT2D eigenvalue weighted by Gasteiger charge is 2.50. The quantitative estimate of drug-likeness (QED) is 0.788. The number of sulfonamides is 1. The summed E-state index contributed by atoms with van der Waals surface area (Å²) in [7, 11) is -3.65. The Labute approximate surface area is 177 Å². The Kier molecular flexibility index (Phi) is 6.01. The number of piperazine rings is 1. The lowest BCUT2D eigenvalue weighted by Crippen LogP contribution is -2.70. The second kappa shape index (κ2) is 8.20. The molecule has 1 N–H and O–H groups in total. The van der Waals surface area contributed by atoms with Gasteiger partial charge in [0.05, 0.1) is 12.8 Å². The summed E-state index contributed by atoms with van der Waals surface area (Å²) in [5.41, 5.74) is 2.14. The van der Waals surface area contributed by atoms with Crippen LogP contribution in [0.25, 0.3) is 0 Å². The molecule has 2 aromatic carbocycles. The van der Waals surface area contributed by atoms with Crippen molar-refractivity contribution >= 4 is 27.5 Å². The Bertz CT molecular complexity index is 1070. The molecule has 160 valence electrons. The fraction of sp³-hybridized carbons (Fsp3) is 0.364. The molecule has 30 heavy (non-hydrogen) atoms. The standard InChI is InChI=1S/C22H27N3O4S/c1-16-10-11-19(12-17(16)2)25-20(26)14-24(30(4,28)29)15-22(25,3)21(27)23-13-18-8-6-5-7-9-18/h5-12H,13-15H2,1-4H3,(H,23,27)/t22-/m0/s1. The summed E-state index contributed by atoms with van der Waals surface area (Å²) < 4.78 is 25.4. The number of anilines is 1. The van der Waals surface area contributed by atoms with Crippen molar-refractivity contribution in [3.8, 4) is 0 Å². The summed E-state index contributed by atoms with van der Waals surface area (Å²) in [6.07, 6.45) is 1.05. The molecule has 8 heteroatoms. The van der Waals surface area contributed by atoms with E-state index in [0.717, 1.165) is 27.3 Å². The number of rotatable bonds is 5. The van der Waals surface area contributed by atoms with Gasteiger partial charge in [0.1, 0.15) is 5.54 Å². The maximum Gasteiger partial charge on any atom is 0.247 e. The minimum absolute atomic E-state index is 0.120. The van der Waals surface area contributed by atoms with E-state index in [1.165, 1.54) is 4.90 Å². The summed E-state index contributed by atoms with van der Waals surface area (Å²) in [6.45, 7) is 5.37. The number of carbonyl (C=O) groups excluding carboxylic acids is 2. The molecule has 0 aromatic heterocycles. The van der Waals surface area contributed by atoms with E-state index in [9.17, 15) is 18.0 Å². The van der Waals surface area contributed by atoms with Crippen LogP contribution >= 0.6 is 0 Å². The number of hydrogen-bond donors (Lipinski definition) is 1. The third-order valence-corrected chi connectivity index (χ3v) is 6.74. The van der Waals surface area contributed by atoms with Crippen LogP contribution in [0.15, 0.2) is 48.5 Å². The van der Waals surface area contributed by atoms with E-state index in [4.69, 9.17) is 0 Å². The van der Waals surface area contributed by atoms with Crippen LogP contribution < -0.4 is 10.2 Å². The number of benzene rings is 2. The molecule has 1 aliphatic heterocycles. The molecule has 0 aliphatic carbocycles. The summed E-state index contributed by atoms with van der Waals surface area (Å²) >= 11 is 0. The fourth-order valence-corrected chi connectivity index (χ4v) is 4.47. The highest BCUT2D eigenvalue weighted by atomic mass is 32.2. The van der Waals surface area contributed by atoms with E-state index in [1.54, 1.807) is 13.0 Å². The van der Waals surface area contributed by atoms with Crippen molar-refractivity contribution in [2.45, 2.75) is 32.9 Å². The van der Waals surface area contributed by atoms with Gasteiger partial charge >= 0.3 is 0 Å². The Morgan fingerprint density at radius 3 is 2.37 bits per heavy atom. The molecule has 2 aromatic rings. The number of hydrogen-bond acceptors (Lipinski definition) is 4. The van der Waals surface area contributed by atoms with Gasteiger partial charge in [0.2, 0.25) is 21.8 Å². The first kappa shape index (κ1) is 22.0. The van der Waals surface area contributed by atoms with Crippen LogP contribution in [0.1, 0.15) is 23.6 Å². The Morgan fingerprint density at radius 2 is 1.77 bits per heavy atom. The molecule has 1 atom stereocenters. The predicted octanol–water partition coefficient (Wildman–Crippen LogP) is 1.99. The molecule has 0 radical (unpaired) electrons. The first-order valence-electron chi connectivity index (χ1n) is 9.70. The molecular weight excluding hydrogens is 402 g/mol. The molecular formula is C22H27N3O4S. The van der Waals surface area contributed by atoms with Gasteiger partial charge in [-0.2, -0.15) is 4.31 Å². The van der Waals surface area contributed by atoms with Crippen molar-refractivity contribution in [2.75, 3.05) is 24.2 Å². The molecule has 0 unspecified atom stereocenters. The van der Waals surface area contributed by atoms with Crippen molar-refractivity contribution < 1.29 is 18.0 Å². The highest BCUT2D eigenvalue weighted by molar-refractivity contribution is 7.88. The fourth-order valence-electron chi connectivity index (χ4n) is 3.64. The summed E-state index contributed by atoms with van der Waals surface area (Å²) in [6, 6.07) is 14.9. The topological polar surface area (TPSA) is 86.8 Å². The molecule has 1 fully saturated rings. The lowest BCUT2D eigenvalue weighted by molar-refractivity contribution is -0.133. The molecule has 0 spiro atoms. The number of nitrogens with zero attached hydrogens (tertiary/aromatic N) is 2. The monoisotopic (exact) mass is 429 g/mol. The average molecular weight is 430 g/mol. The van der Waals surface area contributed by atoms with Crippen LogP contribution in [-0.4, -0.2) is 49.4 Å². The molecule has 1 heterocycles. The third kappa shape index (κ3) is 4.39. The molecule has 3 rings (SSSR count). The third-order valence-electron chi connectivity index (χ3n) is 5.54. The average Bonchev–Trinajstić information content (AvgIpc) is 2.68. The maximum atomic E-state index is 13.3. The van der Waals surface area contributed by atoms with Gasteiger partial charge in [-0.05, 0) is 49.6 Å². The van der Waals surface area contributed by atoms with Crippen LogP contribution in [-0.2, 0) is 26.2 Å². The second-order valence-electron chi connectivity index (χ2n) is 7.97. The zero-order chi connectivity index (χ0) is 22.1. The predicted molar refractivity (Wildman–Crippen MR) is 117 cm³/mol. The van der Waals surface area contributed by atoms with Crippen molar-refractivity contribution in [3.05, 3.63) is 65.2 Å². The van der Waals surface area contributed by atoms with E-state index < -0.39 is 27.4 Å². The van der Waals surface area contributed by atoms with E-state index in [1.807, 2.05) is 56.3 Å². The number of amides is 2. The van der Waals surface area contributed by atoms with Crippen molar-refractivity contribution in [1.29, 1.82) is 0 Å². The first-order valence-corrected chi connectivity index (χ1v) is 11.5. The summed E-state index contributed by atoms with van der Waals surface area (Å²) in [4.78, 5) is 27.8. The summed E-state index contributed by atoms with van der Waals surface area (Å²) in [5.74, 6) is -0.849. The van der Waals surface area contributed by atoms with Crippen molar-refractivity contribution in [3.63, 3.8) is 0 Å². The largest absolute Gasteiger partial charge is 0.350 e.